The second-order valence-corrected chi connectivity index (χ2v) is 6.19. The van der Waals surface area contributed by atoms with Crippen LogP contribution in [0.4, 0.5) is 8.78 Å². The standard InChI is InChI=1S/C16H20F2N2O/c17-13-3-1-4-14(18)12(13)9-15(21)20-11-5-8-19-16(10-11)6-2-7-16/h1,3-4,11,19H,2,5-10H2,(H,20,21). The first-order valence-corrected chi connectivity index (χ1v) is 7.55. The van der Waals surface area contributed by atoms with Gasteiger partial charge in [0.1, 0.15) is 11.6 Å². The van der Waals surface area contributed by atoms with E-state index >= 15 is 0 Å². The van der Waals surface area contributed by atoms with Gasteiger partial charge in [-0.1, -0.05) is 6.07 Å². The van der Waals surface area contributed by atoms with Crippen molar-refractivity contribution in [3.8, 4) is 0 Å². The van der Waals surface area contributed by atoms with E-state index in [1.165, 1.54) is 24.6 Å². The van der Waals surface area contributed by atoms with Crippen molar-refractivity contribution in [1.82, 2.24) is 10.6 Å². The Morgan fingerprint density at radius 3 is 2.67 bits per heavy atom. The number of hydrogen-bond acceptors (Lipinski definition) is 2. The molecule has 5 heteroatoms. The molecule has 0 radical (unpaired) electrons. The summed E-state index contributed by atoms with van der Waals surface area (Å²) in [5.41, 5.74) is 0.0432. The van der Waals surface area contributed by atoms with Gasteiger partial charge in [-0.2, -0.15) is 0 Å². The maximum absolute atomic E-state index is 13.5. The topological polar surface area (TPSA) is 41.1 Å². The van der Waals surface area contributed by atoms with Gasteiger partial charge < -0.3 is 10.6 Å². The molecule has 0 aromatic heterocycles. The fraction of sp³-hybridized carbons (Fsp3) is 0.562. The number of piperidine rings is 1. The lowest BCUT2D eigenvalue weighted by Crippen LogP contribution is -2.59. The molecule has 1 heterocycles. The van der Waals surface area contributed by atoms with E-state index in [4.69, 9.17) is 0 Å². The van der Waals surface area contributed by atoms with Crippen LogP contribution in [0, 0.1) is 11.6 Å². The molecule has 1 saturated heterocycles. The fourth-order valence-electron chi connectivity index (χ4n) is 3.41. The minimum atomic E-state index is -0.661. The highest BCUT2D eigenvalue weighted by Crippen LogP contribution is 2.38. The van der Waals surface area contributed by atoms with Crippen LogP contribution in [0.2, 0.25) is 0 Å². The zero-order valence-electron chi connectivity index (χ0n) is 11.9. The maximum Gasteiger partial charge on any atom is 0.224 e. The van der Waals surface area contributed by atoms with E-state index in [1.54, 1.807) is 0 Å². The number of amides is 1. The van der Waals surface area contributed by atoms with Crippen molar-refractivity contribution in [3.05, 3.63) is 35.4 Å². The summed E-state index contributed by atoms with van der Waals surface area (Å²) in [4.78, 5) is 12.0. The molecule has 1 aromatic rings. The van der Waals surface area contributed by atoms with Gasteiger partial charge in [-0.25, -0.2) is 8.78 Å². The Balaban J connectivity index is 1.59. The number of carbonyl (C=O) groups is 1. The van der Waals surface area contributed by atoms with Crippen LogP contribution in [0.1, 0.15) is 37.7 Å². The lowest BCUT2D eigenvalue weighted by molar-refractivity contribution is -0.121. The highest BCUT2D eigenvalue weighted by molar-refractivity contribution is 5.79. The van der Waals surface area contributed by atoms with E-state index in [0.717, 1.165) is 32.2 Å². The Labute approximate surface area is 123 Å². The Bertz CT molecular complexity index is 523. The molecule has 1 aromatic carbocycles. The zero-order chi connectivity index (χ0) is 14.9. The predicted octanol–water partition coefficient (Wildman–Crippen LogP) is 2.30. The van der Waals surface area contributed by atoms with E-state index < -0.39 is 11.6 Å². The summed E-state index contributed by atoms with van der Waals surface area (Å²) < 4.78 is 27.1. The molecule has 3 rings (SSSR count). The molecule has 21 heavy (non-hydrogen) atoms. The van der Waals surface area contributed by atoms with Gasteiger partial charge in [-0.3, -0.25) is 4.79 Å². The van der Waals surface area contributed by atoms with E-state index in [0.29, 0.717) is 0 Å². The summed E-state index contributed by atoms with van der Waals surface area (Å²) in [6.45, 7) is 0.888. The minimum Gasteiger partial charge on any atom is -0.353 e. The Morgan fingerprint density at radius 1 is 1.33 bits per heavy atom. The van der Waals surface area contributed by atoms with Crippen LogP contribution in [0.25, 0.3) is 0 Å². The molecule has 1 atom stereocenters. The third kappa shape index (κ3) is 3.07. The van der Waals surface area contributed by atoms with Crippen molar-refractivity contribution in [2.24, 2.45) is 0 Å². The summed E-state index contributed by atoms with van der Waals surface area (Å²) in [6, 6.07) is 3.77. The van der Waals surface area contributed by atoms with Crippen LogP contribution in [-0.4, -0.2) is 24.0 Å². The highest BCUT2D eigenvalue weighted by Gasteiger charge is 2.41. The van der Waals surface area contributed by atoms with Crippen LogP contribution in [-0.2, 0) is 11.2 Å². The van der Waals surface area contributed by atoms with Gasteiger partial charge in [0.25, 0.3) is 0 Å². The molecular weight excluding hydrogens is 274 g/mol. The number of carbonyl (C=O) groups excluding carboxylic acids is 1. The van der Waals surface area contributed by atoms with Gasteiger partial charge in [0.15, 0.2) is 0 Å². The first kappa shape index (κ1) is 14.4. The molecule has 1 saturated carbocycles. The van der Waals surface area contributed by atoms with Gasteiger partial charge in [0.05, 0.1) is 6.42 Å². The molecule has 1 amide bonds. The van der Waals surface area contributed by atoms with Gasteiger partial charge in [-0.05, 0) is 50.8 Å². The lowest BCUT2D eigenvalue weighted by atomic mass is 9.70. The number of rotatable bonds is 3. The van der Waals surface area contributed by atoms with Crippen molar-refractivity contribution in [2.45, 2.75) is 50.1 Å². The molecular formula is C16H20F2N2O. The fourth-order valence-corrected chi connectivity index (χ4v) is 3.41. The number of nitrogens with one attached hydrogen (secondary N) is 2. The summed E-state index contributed by atoms with van der Waals surface area (Å²) in [7, 11) is 0. The van der Waals surface area contributed by atoms with E-state index in [2.05, 4.69) is 10.6 Å². The lowest BCUT2D eigenvalue weighted by Gasteiger charge is -2.48. The highest BCUT2D eigenvalue weighted by atomic mass is 19.1. The van der Waals surface area contributed by atoms with Gasteiger partial charge in [0, 0.05) is 17.1 Å². The summed E-state index contributed by atoms with van der Waals surface area (Å²) in [5, 5.41) is 6.46. The van der Waals surface area contributed by atoms with Crippen molar-refractivity contribution >= 4 is 5.91 Å². The van der Waals surface area contributed by atoms with Crippen molar-refractivity contribution in [1.29, 1.82) is 0 Å². The molecule has 2 aliphatic rings. The Morgan fingerprint density at radius 2 is 2.05 bits per heavy atom. The molecule has 1 aliphatic heterocycles. The molecule has 1 spiro atoms. The van der Waals surface area contributed by atoms with Crippen LogP contribution in [0.15, 0.2) is 18.2 Å². The average Bonchev–Trinajstić information content (AvgIpc) is 2.42. The van der Waals surface area contributed by atoms with Crippen molar-refractivity contribution in [2.75, 3.05) is 6.54 Å². The van der Waals surface area contributed by atoms with Gasteiger partial charge in [-0.15, -0.1) is 0 Å². The third-order valence-corrected chi connectivity index (χ3v) is 4.70. The van der Waals surface area contributed by atoms with Gasteiger partial charge in [0.2, 0.25) is 5.91 Å². The second kappa shape index (κ2) is 5.72. The predicted molar refractivity (Wildman–Crippen MR) is 75.8 cm³/mol. The summed E-state index contributed by atoms with van der Waals surface area (Å²) >= 11 is 0. The number of benzene rings is 1. The summed E-state index contributed by atoms with van der Waals surface area (Å²) in [5.74, 6) is -1.63. The molecule has 1 aliphatic carbocycles. The van der Waals surface area contributed by atoms with Crippen LogP contribution in [0.3, 0.4) is 0 Å². The average molecular weight is 294 g/mol. The van der Waals surface area contributed by atoms with E-state index in [-0.39, 0.29) is 29.5 Å². The van der Waals surface area contributed by atoms with E-state index in [1.807, 2.05) is 0 Å². The molecule has 2 N–H and O–H groups in total. The smallest absolute Gasteiger partial charge is 0.224 e. The van der Waals surface area contributed by atoms with Crippen molar-refractivity contribution in [3.63, 3.8) is 0 Å². The van der Waals surface area contributed by atoms with Crippen LogP contribution >= 0.6 is 0 Å². The third-order valence-electron chi connectivity index (χ3n) is 4.70. The first-order chi connectivity index (χ1) is 10.1. The normalized spacial score (nSPS) is 23.6. The Kier molecular flexibility index (Phi) is 3.93. The van der Waals surface area contributed by atoms with Crippen molar-refractivity contribution < 1.29 is 13.6 Å². The van der Waals surface area contributed by atoms with Crippen LogP contribution < -0.4 is 10.6 Å². The number of hydrogen-bond donors (Lipinski definition) is 2. The van der Waals surface area contributed by atoms with Crippen LogP contribution in [0.5, 0.6) is 0 Å². The molecule has 2 fully saturated rings. The SMILES string of the molecule is O=C(Cc1c(F)cccc1F)NC1CCNC2(CCC2)C1. The molecule has 114 valence electrons. The largest absolute Gasteiger partial charge is 0.353 e. The maximum atomic E-state index is 13.5. The monoisotopic (exact) mass is 294 g/mol. The molecule has 0 bridgehead atoms. The minimum absolute atomic E-state index is 0.105. The summed E-state index contributed by atoms with van der Waals surface area (Å²) in [6.07, 6.45) is 5.08. The first-order valence-electron chi connectivity index (χ1n) is 7.55. The molecule has 1 unspecified atom stereocenters. The quantitative estimate of drug-likeness (QED) is 0.898. The van der Waals surface area contributed by atoms with E-state index in [9.17, 15) is 13.6 Å². The molecule has 3 nitrogen and oxygen atoms in total. The zero-order valence-corrected chi connectivity index (χ0v) is 11.9. The van der Waals surface area contributed by atoms with Gasteiger partial charge >= 0.3 is 0 Å². The Hall–Kier alpha value is -1.49. The number of halogens is 2. The second-order valence-electron chi connectivity index (χ2n) is 6.19.